The molecule has 4 nitrogen and oxygen atoms in total. The standard InChI is InChI=1S/C21H30ClFO4S/c1-13(24)4-2-5-14(25)8-10-17-16(18(22)12-19(17)23)7-3-6-15-9-11-20(28-15)21(26)27/h8-11,13-14,16-19,24-25H,2-7,12H2,1H3,(H,26,27)/t13-,14+,16-,17-,18-,19-/m1/s1. The second kappa shape index (κ2) is 11.3. The van der Waals surface area contributed by atoms with Crippen molar-refractivity contribution < 1.29 is 24.5 Å². The number of carboxylic acids is 1. The number of halogens is 2. The smallest absolute Gasteiger partial charge is 0.345 e. The van der Waals surface area contributed by atoms with Crippen molar-refractivity contribution in [2.24, 2.45) is 11.8 Å². The summed E-state index contributed by atoms with van der Waals surface area (Å²) in [6.45, 7) is 1.72. The number of carbonyl (C=O) groups is 1. The molecule has 2 rings (SSSR count). The van der Waals surface area contributed by atoms with Gasteiger partial charge in [0.1, 0.15) is 11.0 Å². The van der Waals surface area contributed by atoms with Gasteiger partial charge in [0.05, 0.1) is 12.2 Å². The number of allylic oxidation sites excluding steroid dienone is 1. The molecule has 1 saturated carbocycles. The number of thiophene rings is 1. The Morgan fingerprint density at radius 1 is 1.36 bits per heavy atom. The highest BCUT2D eigenvalue weighted by atomic mass is 35.5. The van der Waals surface area contributed by atoms with E-state index < -0.39 is 18.2 Å². The Kier molecular flexibility index (Phi) is 9.41. The predicted octanol–water partition coefficient (Wildman–Crippen LogP) is 4.82. The van der Waals surface area contributed by atoms with Gasteiger partial charge in [-0.25, -0.2) is 9.18 Å². The minimum atomic E-state index is -1.01. The van der Waals surface area contributed by atoms with Crippen LogP contribution in [0.2, 0.25) is 0 Å². The van der Waals surface area contributed by atoms with E-state index in [0.29, 0.717) is 30.6 Å². The quantitative estimate of drug-likeness (QED) is 0.346. The van der Waals surface area contributed by atoms with Crippen LogP contribution >= 0.6 is 22.9 Å². The van der Waals surface area contributed by atoms with Crippen LogP contribution in [0.3, 0.4) is 0 Å². The summed E-state index contributed by atoms with van der Waals surface area (Å²) >= 11 is 7.67. The lowest BCUT2D eigenvalue weighted by atomic mass is 9.89. The fraction of sp³-hybridized carbons (Fsp3) is 0.667. The van der Waals surface area contributed by atoms with Crippen molar-refractivity contribution in [3.05, 3.63) is 34.0 Å². The Hall–Kier alpha value is -0.950. The van der Waals surface area contributed by atoms with Gasteiger partial charge in [-0.3, -0.25) is 0 Å². The van der Waals surface area contributed by atoms with Crippen LogP contribution in [0.1, 0.15) is 60.0 Å². The lowest BCUT2D eigenvalue weighted by Gasteiger charge is -2.20. The van der Waals surface area contributed by atoms with E-state index in [9.17, 15) is 19.4 Å². The summed E-state index contributed by atoms with van der Waals surface area (Å²) in [6.07, 6.45) is 5.99. The van der Waals surface area contributed by atoms with E-state index in [1.807, 2.05) is 6.07 Å². The first-order chi connectivity index (χ1) is 13.3. The molecule has 0 amide bonds. The molecule has 6 atom stereocenters. The first kappa shape index (κ1) is 23.3. The van der Waals surface area contributed by atoms with Gasteiger partial charge in [0.25, 0.3) is 0 Å². The van der Waals surface area contributed by atoms with Gasteiger partial charge in [-0.1, -0.05) is 12.2 Å². The number of aliphatic hydroxyl groups excluding tert-OH is 2. The van der Waals surface area contributed by atoms with Crippen molar-refractivity contribution in [1.82, 2.24) is 0 Å². The number of hydrogen-bond acceptors (Lipinski definition) is 4. The fourth-order valence-electron chi connectivity index (χ4n) is 3.81. The molecule has 0 unspecified atom stereocenters. The molecule has 1 aromatic heterocycles. The molecule has 0 spiro atoms. The monoisotopic (exact) mass is 432 g/mol. The average molecular weight is 433 g/mol. The topological polar surface area (TPSA) is 77.8 Å². The van der Waals surface area contributed by atoms with Crippen molar-refractivity contribution in [1.29, 1.82) is 0 Å². The minimum absolute atomic E-state index is 0.0106. The number of rotatable bonds is 11. The summed E-state index contributed by atoms with van der Waals surface area (Å²) in [5.41, 5.74) is 0. The highest BCUT2D eigenvalue weighted by Crippen LogP contribution is 2.41. The van der Waals surface area contributed by atoms with E-state index in [1.165, 1.54) is 11.3 Å². The number of aliphatic hydroxyl groups is 2. The molecule has 0 bridgehead atoms. The normalized spacial score (nSPS) is 27.3. The zero-order valence-corrected chi connectivity index (χ0v) is 17.7. The Morgan fingerprint density at radius 3 is 2.75 bits per heavy atom. The maximum absolute atomic E-state index is 14.4. The van der Waals surface area contributed by atoms with Crippen LogP contribution in [0.4, 0.5) is 4.39 Å². The van der Waals surface area contributed by atoms with Crippen LogP contribution in [0.25, 0.3) is 0 Å². The lowest BCUT2D eigenvalue weighted by molar-refractivity contribution is 0.0702. The van der Waals surface area contributed by atoms with Gasteiger partial charge in [-0.05, 0) is 69.9 Å². The van der Waals surface area contributed by atoms with E-state index in [-0.39, 0.29) is 23.3 Å². The van der Waals surface area contributed by atoms with Crippen molar-refractivity contribution in [2.45, 2.75) is 75.6 Å². The summed E-state index contributed by atoms with van der Waals surface area (Å²) in [5.74, 6) is -1.20. The number of aromatic carboxylic acids is 1. The van der Waals surface area contributed by atoms with E-state index >= 15 is 0 Å². The van der Waals surface area contributed by atoms with Crippen molar-refractivity contribution >= 4 is 28.9 Å². The van der Waals surface area contributed by atoms with Crippen molar-refractivity contribution in [2.75, 3.05) is 0 Å². The molecular weight excluding hydrogens is 403 g/mol. The molecule has 0 aromatic carbocycles. The summed E-state index contributed by atoms with van der Waals surface area (Å²) in [5, 5.41) is 28.1. The Labute approximate surface area is 175 Å². The number of hydrogen-bond donors (Lipinski definition) is 3. The third-order valence-corrected chi connectivity index (χ3v) is 6.97. The summed E-state index contributed by atoms with van der Waals surface area (Å²) < 4.78 is 14.4. The van der Waals surface area contributed by atoms with Crippen LogP contribution in [-0.4, -0.2) is 45.0 Å². The molecule has 0 radical (unpaired) electrons. The second-order valence-corrected chi connectivity index (χ2v) is 9.43. The Balaban J connectivity index is 1.84. The van der Waals surface area contributed by atoms with Gasteiger partial charge in [0.2, 0.25) is 0 Å². The van der Waals surface area contributed by atoms with Crippen LogP contribution < -0.4 is 0 Å². The molecular formula is C21H30ClFO4S. The largest absolute Gasteiger partial charge is 0.477 e. The van der Waals surface area contributed by atoms with Gasteiger partial charge in [-0.15, -0.1) is 22.9 Å². The molecule has 3 N–H and O–H groups in total. The molecule has 0 saturated heterocycles. The lowest BCUT2D eigenvalue weighted by Crippen LogP contribution is -2.18. The van der Waals surface area contributed by atoms with Gasteiger partial charge >= 0.3 is 5.97 Å². The van der Waals surface area contributed by atoms with Gasteiger partial charge in [0, 0.05) is 16.2 Å². The minimum Gasteiger partial charge on any atom is -0.477 e. The predicted molar refractivity (Wildman–Crippen MR) is 111 cm³/mol. The van der Waals surface area contributed by atoms with E-state index in [1.54, 1.807) is 25.1 Å². The molecule has 1 fully saturated rings. The summed E-state index contributed by atoms with van der Waals surface area (Å²) in [6, 6.07) is 3.45. The van der Waals surface area contributed by atoms with Gasteiger partial charge < -0.3 is 15.3 Å². The molecule has 158 valence electrons. The van der Waals surface area contributed by atoms with Crippen LogP contribution in [0, 0.1) is 11.8 Å². The molecule has 1 aliphatic rings. The second-order valence-electron chi connectivity index (χ2n) is 7.70. The molecule has 28 heavy (non-hydrogen) atoms. The molecule has 1 aromatic rings. The summed E-state index contributed by atoms with van der Waals surface area (Å²) in [4.78, 5) is 12.3. The highest BCUT2D eigenvalue weighted by molar-refractivity contribution is 7.13. The van der Waals surface area contributed by atoms with Crippen LogP contribution in [0.15, 0.2) is 24.3 Å². The van der Waals surface area contributed by atoms with Crippen LogP contribution in [0.5, 0.6) is 0 Å². The third-order valence-electron chi connectivity index (χ3n) is 5.34. The summed E-state index contributed by atoms with van der Waals surface area (Å²) in [7, 11) is 0. The zero-order chi connectivity index (χ0) is 20.7. The number of aryl methyl sites for hydroxylation is 1. The maximum atomic E-state index is 14.4. The SMILES string of the molecule is C[C@@H](O)CCC[C@H](O)C=C[C@@H]1[C@@H](CCCc2ccc(C(=O)O)s2)[C@H](Cl)C[C@H]1F. The van der Waals surface area contributed by atoms with Gasteiger partial charge in [-0.2, -0.15) is 0 Å². The Bertz CT molecular complexity index is 648. The molecule has 7 heteroatoms. The van der Waals surface area contributed by atoms with Crippen molar-refractivity contribution in [3.8, 4) is 0 Å². The average Bonchev–Trinajstić information content (AvgIpc) is 3.18. The molecule has 1 heterocycles. The van der Waals surface area contributed by atoms with E-state index in [2.05, 4.69) is 0 Å². The molecule has 0 aliphatic heterocycles. The highest BCUT2D eigenvalue weighted by Gasteiger charge is 2.40. The van der Waals surface area contributed by atoms with E-state index in [4.69, 9.17) is 16.7 Å². The van der Waals surface area contributed by atoms with E-state index in [0.717, 1.165) is 24.1 Å². The molecule has 1 aliphatic carbocycles. The Morgan fingerprint density at radius 2 is 2.11 bits per heavy atom. The third kappa shape index (κ3) is 7.14. The van der Waals surface area contributed by atoms with Gasteiger partial charge in [0.15, 0.2) is 0 Å². The number of carboxylic acid groups (broad SMARTS) is 1. The first-order valence-electron chi connectivity index (χ1n) is 9.92. The van der Waals surface area contributed by atoms with Crippen molar-refractivity contribution in [3.63, 3.8) is 0 Å². The van der Waals surface area contributed by atoms with Crippen LogP contribution in [-0.2, 0) is 6.42 Å². The fourth-order valence-corrected chi connectivity index (χ4v) is 5.16. The zero-order valence-electron chi connectivity index (χ0n) is 16.1. The first-order valence-corrected chi connectivity index (χ1v) is 11.2. The number of alkyl halides is 2. The maximum Gasteiger partial charge on any atom is 0.345 e.